The molecule has 0 spiro atoms. The number of benzene rings is 3. The molecule has 0 aliphatic rings. The molecule has 0 aliphatic carbocycles. The number of hydrogen-bond acceptors (Lipinski definition) is 9. The highest BCUT2D eigenvalue weighted by molar-refractivity contribution is 7.99. The number of rotatable bonds is 15. The summed E-state index contributed by atoms with van der Waals surface area (Å²) in [7, 11) is -2.57. The summed E-state index contributed by atoms with van der Waals surface area (Å²) in [6.07, 6.45) is -0.589. The van der Waals surface area contributed by atoms with Gasteiger partial charge in [-0.05, 0) is 53.6 Å². The van der Waals surface area contributed by atoms with E-state index in [9.17, 15) is 37.8 Å². The molecule has 0 heterocycles. The Kier molecular flexibility index (Phi) is 11.1. The summed E-state index contributed by atoms with van der Waals surface area (Å²) in [5.74, 6) is -3.25. The summed E-state index contributed by atoms with van der Waals surface area (Å²) in [5.41, 5.74) is 0.965. The molecule has 0 saturated heterocycles. The fraction of sp³-hybridized carbons (Fsp3) is 0.214. The fourth-order valence-corrected chi connectivity index (χ4v) is 5.62. The van der Waals surface area contributed by atoms with Gasteiger partial charge in [0.05, 0.1) is 30.2 Å². The van der Waals surface area contributed by atoms with E-state index in [0.717, 1.165) is 23.8 Å². The predicted molar refractivity (Wildman–Crippen MR) is 153 cm³/mol. The molecule has 222 valence electrons. The van der Waals surface area contributed by atoms with E-state index in [1.54, 1.807) is 19.2 Å². The molecule has 1 amide bonds. The minimum absolute atomic E-state index is 0.0155. The molecule has 3 rings (SSSR count). The largest absolute Gasteiger partial charge is 0.507 e. The topological polar surface area (TPSA) is 196 Å². The Hall–Kier alpha value is -4.40. The average Bonchev–Trinajstić information content (AvgIpc) is 2.96. The summed E-state index contributed by atoms with van der Waals surface area (Å²) >= 11 is 1.28. The third-order valence-electron chi connectivity index (χ3n) is 5.94. The van der Waals surface area contributed by atoms with Gasteiger partial charge in [0.15, 0.2) is 5.78 Å². The number of phenols is 1. The summed E-state index contributed by atoms with van der Waals surface area (Å²) < 4.78 is 32.6. The normalized spacial score (nSPS) is 11.8. The van der Waals surface area contributed by atoms with Crippen molar-refractivity contribution >= 4 is 45.4 Å². The van der Waals surface area contributed by atoms with Gasteiger partial charge in [0.2, 0.25) is 10.0 Å². The van der Waals surface area contributed by atoms with Crippen LogP contribution in [0.3, 0.4) is 0 Å². The van der Waals surface area contributed by atoms with Gasteiger partial charge in [-0.15, -0.1) is 11.8 Å². The van der Waals surface area contributed by atoms with Crippen LogP contribution in [0.15, 0.2) is 71.6 Å². The van der Waals surface area contributed by atoms with Crippen LogP contribution in [0.4, 0.5) is 0 Å². The maximum atomic E-state index is 12.8. The van der Waals surface area contributed by atoms with Crippen LogP contribution in [-0.4, -0.2) is 66.3 Å². The molecule has 0 aromatic heterocycles. The molecule has 3 aromatic rings. The number of ether oxygens (including phenoxy) is 1. The average molecular weight is 617 g/mol. The number of amides is 1. The standard InChI is InChI=1S/C28H28N2O10S2/c1-40-20-8-4-18(5-9-20)15-41-16-25(32)23(13-26(33)34)30-27(35)19-6-2-17(3-7-19)14-29-42(38,39)21-10-11-24(31)22(12-21)28(36)37/h2-12,23,29,31H,13-16H2,1H3,(H,30,35)(H,33,34)(H,36,37)/t23-/m0/s1. The zero-order valence-corrected chi connectivity index (χ0v) is 23.9. The number of hydrogen-bond donors (Lipinski definition) is 5. The van der Waals surface area contributed by atoms with E-state index in [4.69, 9.17) is 9.84 Å². The van der Waals surface area contributed by atoms with Gasteiger partial charge >= 0.3 is 11.9 Å². The van der Waals surface area contributed by atoms with Gasteiger partial charge in [-0.1, -0.05) is 24.3 Å². The van der Waals surface area contributed by atoms with Crippen LogP contribution < -0.4 is 14.8 Å². The van der Waals surface area contributed by atoms with Gasteiger partial charge in [-0.3, -0.25) is 14.4 Å². The number of nitrogens with one attached hydrogen (secondary N) is 2. The number of carbonyl (C=O) groups is 4. The number of methoxy groups -OCH3 is 1. The lowest BCUT2D eigenvalue weighted by atomic mass is 10.1. The van der Waals surface area contributed by atoms with Crippen molar-refractivity contribution in [2.45, 2.75) is 29.7 Å². The molecule has 0 saturated carbocycles. The second kappa shape index (κ2) is 14.5. The highest BCUT2D eigenvalue weighted by Gasteiger charge is 2.24. The number of aromatic carboxylic acids is 1. The number of thioether (sulfide) groups is 1. The predicted octanol–water partition coefficient (Wildman–Crippen LogP) is 2.65. The molecule has 14 heteroatoms. The van der Waals surface area contributed by atoms with Crippen LogP contribution in [0.5, 0.6) is 11.5 Å². The van der Waals surface area contributed by atoms with Crippen molar-refractivity contribution in [2.75, 3.05) is 12.9 Å². The number of aliphatic carboxylic acids is 1. The molecule has 1 atom stereocenters. The SMILES string of the molecule is COc1ccc(CSCC(=O)[C@H](CC(=O)O)NC(=O)c2ccc(CNS(=O)(=O)c3ccc(O)c(C(=O)O)c3)cc2)cc1. The number of sulfonamides is 1. The van der Waals surface area contributed by atoms with E-state index in [1.807, 2.05) is 12.1 Å². The maximum absolute atomic E-state index is 12.8. The number of aromatic hydroxyl groups is 1. The third kappa shape index (κ3) is 9.06. The molecule has 0 aliphatic heterocycles. The highest BCUT2D eigenvalue weighted by Crippen LogP contribution is 2.22. The Balaban J connectivity index is 1.58. The van der Waals surface area contributed by atoms with E-state index in [-0.39, 0.29) is 22.8 Å². The second-order valence-corrected chi connectivity index (χ2v) is 11.7. The Morgan fingerprint density at radius 2 is 1.57 bits per heavy atom. The first-order valence-electron chi connectivity index (χ1n) is 12.3. The van der Waals surface area contributed by atoms with Crippen molar-refractivity contribution in [3.63, 3.8) is 0 Å². The number of carboxylic acid groups (broad SMARTS) is 2. The highest BCUT2D eigenvalue weighted by atomic mass is 32.2. The van der Waals surface area contributed by atoms with Gasteiger partial charge in [0.1, 0.15) is 17.1 Å². The van der Waals surface area contributed by atoms with Crippen LogP contribution in [0, 0.1) is 0 Å². The van der Waals surface area contributed by atoms with Crippen molar-refractivity contribution in [2.24, 2.45) is 0 Å². The Morgan fingerprint density at radius 1 is 0.929 bits per heavy atom. The van der Waals surface area contributed by atoms with Crippen molar-refractivity contribution in [1.82, 2.24) is 10.0 Å². The first kappa shape index (κ1) is 32.1. The van der Waals surface area contributed by atoms with Crippen molar-refractivity contribution in [3.8, 4) is 11.5 Å². The molecule has 3 aromatic carbocycles. The summed E-state index contributed by atoms with van der Waals surface area (Å²) in [5, 5.41) is 30.4. The molecule has 0 bridgehead atoms. The van der Waals surface area contributed by atoms with Gasteiger partial charge < -0.3 is 25.4 Å². The summed E-state index contributed by atoms with van der Waals surface area (Å²) in [6.45, 7) is -0.195. The van der Waals surface area contributed by atoms with Crippen molar-refractivity contribution < 1.29 is 47.7 Å². The molecule has 5 N–H and O–H groups in total. The molecular formula is C28H28N2O10S2. The minimum Gasteiger partial charge on any atom is -0.507 e. The summed E-state index contributed by atoms with van der Waals surface area (Å²) in [6, 6.07) is 14.6. The Morgan fingerprint density at radius 3 is 2.17 bits per heavy atom. The number of ketones is 1. The molecule has 42 heavy (non-hydrogen) atoms. The zero-order chi connectivity index (χ0) is 30.9. The lowest BCUT2D eigenvalue weighted by Gasteiger charge is -2.16. The van der Waals surface area contributed by atoms with Crippen LogP contribution in [-0.2, 0) is 31.9 Å². The Bertz CT molecular complexity index is 1560. The minimum atomic E-state index is -4.13. The van der Waals surface area contributed by atoms with E-state index >= 15 is 0 Å². The molecule has 12 nitrogen and oxygen atoms in total. The molecular weight excluding hydrogens is 588 g/mol. The third-order valence-corrected chi connectivity index (χ3v) is 8.36. The fourth-order valence-electron chi connectivity index (χ4n) is 3.64. The number of Topliss-reactive ketones (excluding diaryl/α,β-unsaturated/α-hetero) is 1. The van der Waals surface area contributed by atoms with Crippen molar-refractivity contribution in [1.29, 1.82) is 0 Å². The number of carboxylic acids is 2. The smallest absolute Gasteiger partial charge is 0.339 e. The first-order chi connectivity index (χ1) is 19.9. The van der Waals surface area contributed by atoms with E-state index in [0.29, 0.717) is 17.1 Å². The van der Waals surface area contributed by atoms with Crippen LogP contribution in [0.1, 0.15) is 38.3 Å². The van der Waals surface area contributed by atoms with E-state index in [1.165, 1.54) is 36.0 Å². The van der Waals surface area contributed by atoms with Crippen molar-refractivity contribution in [3.05, 3.63) is 89.0 Å². The molecule has 0 radical (unpaired) electrons. The Labute approximate surface area is 245 Å². The van der Waals surface area contributed by atoms with Gasteiger partial charge in [0.25, 0.3) is 5.91 Å². The van der Waals surface area contributed by atoms with Gasteiger partial charge in [-0.2, -0.15) is 0 Å². The lowest BCUT2D eigenvalue weighted by molar-refractivity contribution is -0.139. The first-order valence-corrected chi connectivity index (χ1v) is 14.9. The summed E-state index contributed by atoms with van der Waals surface area (Å²) in [4.78, 5) is 47.7. The van der Waals surface area contributed by atoms with Gasteiger partial charge in [0, 0.05) is 17.9 Å². The molecule has 0 unspecified atom stereocenters. The van der Waals surface area contributed by atoms with Crippen LogP contribution in [0.25, 0.3) is 0 Å². The second-order valence-electron chi connectivity index (χ2n) is 8.94. The van der Waals surface area contributed by atoms with Gasteiger partial charge in [-0.25, -0.2) is 17.9 Å². The molecule has 0 fully saturated rings. The van der Waals surface area contributed by atoms with E-state index in [2.05, 4.69) is 10.0 Å². The number of carbonyl (C=O) groups excluding carboxylic acids is 2. The monoisotopic (exact) mass is 616 g/mol. The lowest BCUT2D eigenvalue weighted by Crippen LogP contribution is -2.43. The quantitative estimate of drug-likeness (QED) is 0.168. The zero-order valence-electron chi connectivity index (χ0n) is 22.3. The van der Waals surface area contributed by atoms with Crippen LogP contribution >= 0.6 is 11.8 Å². The van der Waals surface area contributed by atoms with Crippen LogP contribution in [0.2, 0.25) is 0 Å². The maximum Gasteiger partial charge on any atom is 0.339 e. The van der Waals surface area contributed by atoms with E-state index < -0.39 is 57.4 Å².